The van der Waals surface area contributed by atoms with E-state index in [1.54, 1.807) is 7.11 Å². The molecule has 1 saturated heterocycles. The molecule has 4 atom stereocenters. The number of methoxy groups -OCH3 is 1. The van der Waals surface area contributed by atoms with Crippen LogP contribution < -0.4 is 15.4 Å². The van der Waals surface area contributed by atoms with Gasteiger partial charge in [0, 0.05) is 30.2 Å². The van der Waals surface area contributed by atoms with Gasteiger partial charge in [0.2, 0.25) is 0 Å². The molecule has 0 bridgehead atoms. The first-order chi connectivity index (χ1) is 11.9. The summed E-state index contributed by atoms with van der Waals surface area (Å²) in [6.45, 7) is 0.850. The molecule has 2 aliphatic rings. The number of fused-ring (bicyclic) bond motifs is 1. The highest BCUT2D eigenvalue weighted by Crippen LogP contribution is 2.41. The summed E-state index contributed by atoms with van der Waals surface area (Å²) >= 11 is 0. The fourth-order valence-electron chi connectivity index (χ4n) is 4.52. The Morgan fingerprint density at radius 3 is 2.67 bits per heavy atom. The molecule has 3 heteroatoms. The monoisotopic (exact) mass is 322 g/mol. The minimum atomic E-state index is 0.399. The van der Waals surface area contributed by atoms with Gasteiger partial charge < -0.3 is 15.4 Å². The Balaban J connectivity index is 1.54. The van der Waals surface area contributed by atoms with Gasteiger partial charge in [0.05, 0.1) is 7.11 Å². The molecule has 3 nitrogen and oxygen atoms in total. The molecule has 0 spiro atoms. The number of nitrogens with one attached hydrogen (secondary N) is 2. The Morgan fingerprint density at radius 1 is 1.04 bits per heavy atom. The van der Waals surface area contributed by atoms with Crippen molar-refractivity contribution in [2.75, 3.05) is 7.11 Å². The van der Waals surface area contributed by atoms with E-state index in [0.29, 0.717) is 18.1 Å². The average Bonchev–Trinajstić information content (AvgIpc) is 3.22. The van der Waals surface area contributed by atoms with Crippen molar-refractivity contribution in [1.82, 2.24) is 10.6 Å². The minimum Gasteiger partial charge on any atom is -0.496 e. The van der Waals surface area contributed by atoms with Crippen LogP contribution in [0, 0.1) is 5.92 Å². The van der Waals surface area contributed by atoms with Crippen LogP contribution >= 0.6 is 0 Å². The highest BCUT2D eigenvalue weighted by Gasteiger charge is 2.45. The van der Waals surface area contributed by atoms with Gasteiger partial charge in [-0.25, -0.2) is 0 Å². The fourth-order valence-corrected chi connectivity index (χ4v) is 4.52. The fraction of sp³-hybridized carbons (Fsp3) is 0.429. The van der Waals surface area contributed by atoms with Gasteiger partial charge in [-0.1, -0.05) is 55.0 Å². The second-order valence-electron chi connectivity index (χ2n) is 6.97. The van der Waals surface area contributed by atoms with Crippen LogP contribution in [-0.2, 0) is 6.54 Å². The third-order valence-electron chi connectivity index (χ3n) is 5.66. The van der Waals surface area contributed by atoms with Crippen molar-refractivity contribution in [3.63, 3.8) is 0 Å². The van der Waals surface area contributed by atoms with Crippen LogP contribution in [0.5, 0.6) is 5.75 Å². The summed E-state index contributed by atoms with van der Waals surface area (Å²) < 4.78 is 5.50. The number of rotatable bonds is 5. The van der Waals surface area contributed by atoms with Gasteiger partial charge in [-0.05, 0) is 30.4 Å². The first kappa shape index (κ1) is 15.7. The smallest absolute Gasteiger partial charge is 0.123 e. The predicted octanol–water partition coefficient (Wildman–Crippen LogP) is 3.67. The standard InChI is InChI=1S/C21H26N2O/c1-24-19-13-6-5-10-16(19)14-22-21-17-11-7-12-18(17)23-20(21)15-8-3-2-4-9-15/h2-6,8-10,13,17-18,20-23H,7,11-12,14H2,1H3/t17-,18?,20+,21-/m0/s1. The summed E-state index contributed by atoms with van der Waals surface area (Å²) in [4.78, 5) is 0. The van der Waals surface area contributed by atoms with Crippen molar-refractivity contribution >= 4 is 0 Å². The molecule has 126 valence electrons. The van der Waals surface area contributed by atoms with Crippen molar-refractivity contribution in [2.45, 2.75) is 43.9 Å². The number of benzene rings is 2. The SMILES string of the molecule is COc1ccccc1CN[C@@H]1[C@@H](c2ccccc2)NC2CCC[C@@H]21. The molecule has 1 saturated carbocycles. The molecule has 2 aromatic carbocycles. The third-order valence-corrected chi connectivity index (χ3v) is 5.66. The van der Waals surface area contributed by atoms with Crippen LogP contribution in [0.1, 0.15) is 36.4 Å². The number of para-hydroxylation sites is 1. The number of ether oxygens (including phenoxy) is 1. The molecule has 1 heterocycles. The summed E-state index contributed by atoms with van der Waals surface area (Å²) in [7, 11) is 1.75. The van der Waals surface area contributed by atoms with Crippen molar-refractivity contribution in [2.24, 2.45) is 5.92 Å². The molecule has 1 unspecified atom stereocenters. The molecule has 24 heavy (non-hydrogen) atoms. The topological polar surface area (TPSA) is 33.3 Å². The van der Waals surface area contributed by atoms with Crippen molar-refractivity contribution in [1.29, 1.82) is 0 Å². The minimum absolute atomic E-state index is 0.399. The molecule has 2 fully saturated rings. The molecule has 2 N–H and O–H groups in total. The van der Waals surface area contributed by atoms with E-state index >= 15 is 0 Å². The maximum absolute atomic E-state index is 5.50. The summed E-state index contributed by atoms with van der Waals surface area (Å²) in [6.07, 6.45) is 3.97. The lowest BCUT2D eigenvalue weighted by molar-refractivity contribution is 0.365. The third kappa shape index (κ3) is 2.94. The van der Waals surface area contributed by atoms with Crippen molar-refractivity contribution < 1.29 is 4.74 Å². The first-order valence-electron chi connectivity index (χ1n) is 9.03. The van der Waals surface area contributed by atoms with Gasteiger partial charge >= 0.3 is 0 Å². The van der Waals surface area contributed by atoms with Gasteiger partial charge in [0.15, 0.2) is 0 Å². The molecule has 4 rings (SSSR count). The summed E-state index contributed by atoms with van der Waals surface area (Å²) in [6, 6.07) is 20.7. The highest BCUT2D eigenvalue weighted by atomic mass is 16.5. The van der Waals surface area contributed by atoms with E-state index in [9.17, 15) is 0 Å². The molecule has 1 aliphatic carbocycles. The summed E-state index contributed by atoms with van der Waals surface area (Å²) in [5.41, 5.74) is 2.62. The zero-order valence-electron chi connectivity index (χ0n) is 14.2. The van der Waals surface area contributed by atoms with Crippen LogP contribution in [0.2, 0.25) is 0 Å². The molecule has 2 aromatic rings. The molecule has 0 aromatic heterocycles. The summed E-state index contributed by atoms with van der Waals surface area (Å²) in [5, 5.41) is 7.74. The molecular weight excluding hydrogens is 296 g/mol. The second kappa shape index (κ2) is 6.96. The second-order valence-corrected chi connectivity index (χ2v) is 6.97. The van der Waals surface area contributed by atoms with E-state index < -0.39 is 0 Å². The molecule has 1 aliphatic heterocycles. The molecule has 0 amide bonds. The molecular formula is C21H26N2O. The van der Waals surface area contributed by atoms with Gasteiger partial charge in [-0.2, -0.15) is 0 Å². The van der Waals surface area contributed by atoms with E-state index in [0.717, 1.165) is 18.2 Å². The van der Waals surface area contributed by atoms with Gasteiger partial charge in [0.25, 0.3) is 0 Å². The van der Waals surface area contributed by atoms with E-state index in [-0.39, 0.29) is 0 Å². The Kier molecular flexibility index (Phi) is 4.54. The normalized spacial score (nSPS) is 28.7. The predicted molar refractivity (Wildman–Crippen MR) is 97.1 cm³/mol. The molecule has 0 radical (unpaired) electrons. The number of hydrogen-bond acceptors (Lipinski definition) is 3. The van der Waals surface area contributed by atoms with E-state index in [2.05, 4.69) is 53.1 Å². The lowest BCUT2D eigenvalue weighted by atomic mass is 9.91. The lowest BCUT2D eigenvalue weighted by Crippen LogP contribution is -2.37. The van der Waals surface area contributed by atoms with Crippen LogP contribution in [0.4, 0.5) is 0 Å². The summed E-state index contributed by atoms with van der Waals surface area (Å²) in [5.74, 6) is 1.69. The van der Waals surface area contributed by atoms with Crippen LogP contribution in [-0.4, -0.2) is 19.2 Å². The zero-order valence-corrected chi connectivity index (χ0v) is 14.2. The van der Waals surface area contributed by atoms with Gasteiger partial charge in [-0.15, -0.1) is 0 Å². The Hall–Kier alpha value is -1.84. The number of hydrogen-bond donors (Lipinski definition) is 2. The van der Waals surface area contributed by atoms with Gasteiger partial charge in [-0.3, -0.25) is 0 Å². The highest BCUT2D eigenvalue weighted by molar-refractivity contribution is 5.33. The van der Waals surface area contributed by atoms with E-state index in [1.165, 1.54) is 30.4 Å². The maximum atomic E-state index is 5.50. The average molecular weight is 322 g/mol. The van der Waals surface area contributed by atoms with Crippen LogP contribution in [0.15, 0.2) is 54.6 Å². The first-order valence-corrected chi connectivity index (χ1v) is 9.03. The quantitative estimate of drug-likeness (QED) is 0.881. The van der Waals surface area contributed by atoms with E-state index in [1.807, 2.05) is 12.1 Å². The van der Waals surface area contributed by atoms with Crippen molar-refractivity contribution in [3.05, 3.63) is 65.7 Å². The van der Waals surface area contributed by atoms with Crippen LogP contribution in [0.25, 0.3) is 0 Å². The maximum Gasteiger partial charge on any atom is 0.123 e. The lowest BCUT2D eigenvalue weighted by Gasteiger charge is -2.25. The van der Waals surface area contributed by atoms with Gasteiger partial charge in [0.1, 0.15) is 5.75 Å². The zero-order chi connectivity index (χ0) is 16.4. The van der Waals surface area contributed by atoms with Crippen molar-refractivity contribution in [3.8, 4) is 5.75 Å². The largest absolute Gasteiger partial charge is 0.496 e. The Morgan fingerprint density at radius 2 is 1.83 bits per heavy atom. The Bertz CT molecular complexity index is 673. The van der Waals surface area contributed by atoms with E-state index in [4.69, 9.17) is 4.74 Å². The Labute approximate surface area is 144 Å². The van der Waals surface area contributed by atoms with Crippen LogP contribution in [0.3, 0.4) is 0 Å².